The van der Waals surface area contributed by atoms with Crippen molar-refractivity contribution >= 4 is 11.8 Å². The average molecular weight is 328 g/mol. The fourth-order valence-corrected chi connectivity index (χ4v) is 3.53. The lowest BCUT2D eigenvalue weighted by Gasteiger charge is -2.34. The Morgan fingerprint density at radius 2 is 1.71 bits per heavy atom. The lowest BCUT2D eigenvalue weighted by Crippen LogP contribution is -2.45. The van der Waals surface area contributed by atoms with E-state index >= 15 is 0 Å². The van der Waals surface area contributed by atoms with Crippen molar-refractivity contribution in [2.75, 3.05) is 26.2 Å². The highest BCUT2D eigenvalue weighted by atomic mass is 16.2. The maximum absolute atomic E-state index is 12.8. The summed E-state index contributed by atoms with van der Waals surface area (Å²) in [6, 6.07) is 10.3. The number of piperidine rings is 1. The van der Waals surface area contributed by atoms with E-state index < -0.39 is 0 Å². The molecule has 1 aliphatic carbocycles. The number of carbonyl (C=O) groups excluding carboxylic acids is 2. The van der Waals surface area contributed by atoms with Gasteiger partial charge in [0.15, 0.2) is 0 Å². The molecular weight excluding hydrogens is 300 g/mol. The predicted octanol–water partition coefficient (Wildman–Crippen LogP) is 2.73. The fraction of sp³-hybridized carbons (Fsp3) is 0.600. The first-order valence-corrected chi connectivity index (χ1v) is 9.30. The third kappa shape index (κ3) is 4.16. The Labute approximate surface area is 144 Å². The molecule has 1 saturated heterocycles. The summed E-state index contributed by atoms with van der Waals surface area (Å²) in [4.78, 5) is 28.9. The van der Waals surface area contributed by atoms with Crippen LogP contribution in [-0.2, 0) is 16.0 Å². The number of hydrogen-bond acceptors (Lipinski definition) is 2. The zero-order valence-electron chi connectivity index (χ0n) is 14.6. The third-order valence-electron chi connectivity index (χ3n) is 5.29. The van der Waals surface area contributed by atoms with E-state index in [-0.39, 0.29) is 17.7 Å². The maximum Gasteiger partial charge on any atom is 0.225 e. The first-order chi connectivity index (χ1) is 11.7. The number of likely N-dealkylation sites (tertiary alicyclic amines) is 1. The normalized spacial score (nSPS) is 18.5. The standard InChI is InChI=1S/C20H28N2O2/c1-2-21(13-10-16-6-4-3-5-7-16)19(23)18-11-14-22(15-12-18)20(24)17-8-9-17/h3-7,17-18H,2,8-15H2,1H3. The number of amides is 2. The zero-order chi connectivity index (χ0) is 16.9. The van der Waals surface area contributed by atoms with Gasteiger partial charge < -0.3 is 9.80 Å². The molecule has 0 radical (unpaired) electrons. The van der Waals surface area contributed by atoms with Crippen LogP contribution in [0.5, 0.6) is 0 Å². The highest BCUT2D eigenvalue weighted by molar-refractivity contribution is 5.82. The van der Waals surface area contributed by atoms with Gasteiger partial charge in [-0.2, -0.15) is 0 Å². The molecule has 4 nitrogen and oxygen atoms in total. The number of hydrogen-bond donors (Lipinski definition) is 0. The van der Waals surface area contributed by atoms with Crippen LogP contribution in [0.4, 0.5) is 0 Å². The van der Waals surface area contributed by atoms with Gasteiger partial charge in [-0.25, -0.2) is 0 Å². The van der Waals surface area contributed by atoms with Crippen molar-refractivity contribution in [3.63, 3.8) is 0 Å². The monoisotopic (exact) mass is 328 g/mol. The van der Waals surface area contributed by atoms with Gasteiger partial charge in [-0.15, -0.1) is 0 Å². The molecule has 0 bridgehead atoms. The van der Waals surface area contributed by atoms with E-state index in [0.717, 1.165) is 58.3 Å². The highest BCUT2D eigenvalue weighted by Gasteiger charge is 2.36. The quantitative estimate of drug-likeness (QED) is 0.805. The Hall–Kier alpha value is -1.84. The molecule has 2 amide bonds. The van der Waals surface area contributed by atoms with Crippen LogP contribution in [0.15, 0.2) is 30.3 Å². The molecule has 24 heavy (non-hydrogen) atoms. The first-order valence-electron chi connectivity index (χ1n) is 9.30. The lowest BCUT2D eigenvalue weighted by molar-refractivity contribution is -0.141. The molecule has 0 N–H and O–H groups in total. The zero-order valence-corrected chi connectivity index (χ0v) is 14.6. The third-order valence-corrected chi connectivity index (χ3v) is 5.29. The van der Waals surface area contributed by atoms with Crippen molar-refractivity contribution in [1.29, 1.82) is 0 Å². The van der Waals surface area contributed by atoms with E-state index in [1.807, 2.05) is 28.0 Å². The molecule has 0 unspecified atom stereocenters. The van der Waals surface area contributed by atoms with Crippen molar-refractivity contribution in [1.82, 2.24) is 9.80 Å². The number of rotatable bonds is 6. The summed E-state index contributed by atoms with van der Waals surface area (Å²) in [6.45, 7) is 5.09. The van der Waals surface area contributed by atoms with Crippen LogP contribution < -0.4 is 0 Å². The van der Waals surface area contributed by atoms with E-state index in [4.69, 9.17) is 0 Å². The van der Waals surface area contributed by atoms with Gasteiger partial charge in [0.2, 0.25) is 11.8 Å². The van der Waals surface area contributed by atoms with E-state index in [1.54, 1.807) is 0 Å². The Morgan fingerprint density at radius 1 is 1.04 bits per heavy atom. The number of likely N-dealkylation sites (N-methyl/N-ethyl adjacent to an activating group) is 1. The largest absolute Gasteiger partial charge is 0.342 e. The van der Waals surface area contributed by atoms with Crippen LogP contribution in [0, 0.1) is 11.8 Å². The summed E-state index contributed by atoms with van der Waals surface area (Å²) < 4.78 is 0. The van der Waals surface area contributed by atoms with Crippen LogP contribution in [-0.4, -0.2) is 47.8 Å². The van der Waals surface area contributed by atoms with E-state index in [9.17, 15) is 9.59 Å². The van der Waals surface area contributed by atoms with E-state index in [2.05, 4.69) is 19.1 Å². The van der Waals surface area contributed by atoms with Crippen molar-refractivity contribution < 1.29 is 9.59 Å². The molecule has 0 atom stereocenters. The van der Waals surface area contributed by atoms with Gasteiger partial charge in [0.1, 0.15) is 0 Å². The SMILES string of the molecule is CCN(CCc1ccccc1)C(=O)C1CCN(C(=O)C2CC2)CC1. The van der Waals surface area contributed by atoms with Crippen molar-refractivity contribution in [3.05, 3.63) is 35.9 Å². The lowest BCUT2D eigenvalue weighted by atomic mass is 9.94. The van der Waals surface area contributed by atoms with Crippen LogP contribution in [0.3, 0.4) is 0 Å². The van der Waals surface area contributed by atoms with Gasteiger partial charge in [-0.05, 0) is 44.6 Å². The molecule has 2 aliphatic rings. The number of nitrogens with zero attached hydrogens (tertiary/aromatic N) is 2. The topological polar surface area (TPSA) is 40.6 Å². The van der Waals surface area contributed by atoms with Gasteiger partial charge in [0, 0.05) is 38.0 Å². The van der Waals surface area contributed by atoms with Crippen molar-refractivity contribution in [3.8, 4) is 0 Å². The molecule has 0 aromatic heterocycles. The second-order valence-corrected chi connectivity index (χ2v) is 7.03. The Balaban J connectivity index is 1.48. The van der Waals surface area contributed by atoms with Crippen LogP contribution in [0.25, 0.3) is 0 Å². The molecule has 3 rings (SSSR count). The molecule has 1 aliphatic heterocycles. The maximum atomic E-state index is 12.8. The molecule has 1 aromatic carbocycles. The first kappa shape index (κ1) is 17.0. The summed E-state index contributed by atoms with van der Waals surface area (Å²) in [5.74, 6) is 0.962. The molecule has 1 heterocycles. The number of carbonyl (C=O) groups is 2. The molecule has 1 aromatic rings. The molecule has 130 valence electrons. The second kappa shape index (κ2) is 7.82. The van der Waals surface area contributed by atoms with Crippen LogP contribution in [0.2, 0.25) is 0 Å². The van der Waals surface area contributed by atoms with Gasteiger partial charge in [0.25, 0.3) is 0 Å². The molecule has 2 fully saturated rings. The second-order valence-electron chi connectivity index (χ2n) is 7.03. The van der Waals surface area contributed by atoms with Gasteiger partial charge in [0.05, 0.1) is 0 Å². The van der Waals surface area contributed by atoms with Crippen LogP contribution >= 0.6 is 0 Å². The van der Waals surface area contributed by atoms with E-state index in [1.165, 1.54) is 5.56 Å². The number of benzene rings is 1. The molecular formula is C20H28N2O2. The molecule has 1 saturated carbocycles. The smallest absolute Gasteiger partial charge is 0.225 e. The van der Waals surface area contributed by atoms with Crippen LogP contribution in [0.1, 0.15) is 38.2 Å². The minimum absolute atomic E-state index is 0.0870. The Bertz CT molecular complexity index is 560. The van der Waals surface area contributed by atoms with Gasteiger partial charge >= 0.3 is 0 Å². The Morgan fingerprint density at radius 3 is 2.29 bits per heavy atom. The summed E-state index contributed by atoms with van der Waals surface area (Å²) in [5.41, 5.74) is 1.27. The summed E-state index contributed by atoms with van der Waals surface area (Å²) in [5, 5.41) is 0. The minimum atomic E-state index is 0.0870. The fourth-order valence-electron chi connectivity index (χ4n) is 3.53. The predicted molar refractivity (Wildman–Crippen MR) is 94.4 cm³/mol. The average Bonchev–Trinajstić information content (AvgIpc) is 3.47. The van der Waals surface area contributed by atoms with Gasteiger partial charge in [-0.3, -0.25) is 9.59 Å². The van der Waals surface area contributed by atoms with Gasteiger partial charge in [-0.1, -0.05) is 30.3 Å². The van der Waals surface area contributed by atoms with Crippen molar-refractivity contribution in [2.45, 2.75) is 39.0 Å². The molecule has 4 heteroatoms. The summed E-state index contributed by atoms with van der Waals surface area (Å²) >= 11 is 0. The van der Waals surface area contributed by atoms with Crippen molar-refractivity contribution in [2.24, 2.45) is 11.8 Å². The Kier molecular flexibility index (Phi) is 5.54. The van der Waals surface area contributed by atoms with E-state index in [0.29, 0.717) is 5.91 Å². The minimum Gasteiger partial charge on any atom is -0.342 e. The summed E-state index contributed by atoms with van der Waals surface area (Å²) in [7, 11) is 0. The molecule has 0 spiro atoms. The highest BCUT2D eigenvalue weighted by Crippen LogP contribution is 2.32. The summed E-state index contributed by atoms with van der Waals surface area (Å²) in [6.07, 6.45) is 4.65.